The first kappa shape index (κ1) is 22.6. The predicted octanol–water partition coefficient (Wildman–Crippen LogP) is 2.88. The molecule has 32 heavy (non-hydrogen) atoms. The van der Waals surface area contributed by atoms with Gasteiger partial charge >= 0.3 is 0 Å². The molecule has 4 rings (SSSR count). The van der Waals surface area contributed by atoms with E-state index in [1.54, 1.807) is 24.3 Å². The van der Waals surface area contributed by atoms with Crippen molar-refractivity contribution < 1.29 is 19.4 Å². The fourth-order valence-corrected chi connectivity index (χ4v) is 4.47. The third-order valence-corrected chi connectivity index (χ3v) is 6.61. The van der Waals surface area contributed by atoms with Gasteiger partial charge in [0, 0.05) is 49.9 Å². The minimum absolute atomic E-state index is 0.0191. The molecule has 0 aromatic heterocycles. The lowest BCUT2D eigenvalue weighted by Crippen LogP contribution is -2.44. The van der Waals surface area contributed by atoms with Crippen molar-refractivity contribution in [1.29, 1.82) is 0 Å². The third-order valence-electron chi connectivity index (χ3n) is 6.61. The van der Waals surface area contributed by atoms with E-state index in [1.807, 2.05) is 12.1 Å². The number of hydrogen-bond acceptors (Lipinski definition) is 5. The zero-order chi connectivity index (χ0) is 22.3. The van der Waals surface area contributed by atoms with Crippen molar-refractivity contribution in [2.45, 2.75) is 50.8 Å². The summed E-state index contributed by atoms with van der Waals surface area (Å²) in [6.07, 6.45) is 2.82. The van der Waals surface area contributed by atoms with Crippen LogP contribution in [-0.2, 0) is 17.7 Å². The number of ketones is 1. The Hall–Kier alpha value is -2.54. The number of carbonyl (C=O) groups is 2. The summed E-state index contributed by atoms with van der Waals surface area (Å²) in [5.74, 6) is 0.330. The molecule has 2 atom stereocenters. The van der Waals surface area contributed by atoms with Crippen LogP contribution in [0.4, 0.5) is 0 Å². The highest BCUT2D eigenvalue weighted by Gasteiger charge is 2.25. The maximum absolute atomic E-state index is 12.6. The topological polar surface area (TPSA) is 87.7 Å². The van der Waals surface area contributed by atoms with E-state index in [4.69, 9.17) is 4.74 Å². The van der Waals surface area contributed by atoms with Crippen LogP contribution >= 0.6 is 0 Å². The Morgan fingerprint density at radius 2 is 1.72 bits per heavy atom. The highest BCUT2D eigenvalue weighted by Crippen LogP contribution is 2.20. The van der Waals surface area contributed by atoms with Gasteiger partial charge in [-0.3, -0.25) is 9.59 Å². The second-order valence-corrected chi connectivity index (χ2v) is 8.83. The number of Topliss-reactive ketones (excluding diaryl/α,β-unsaturated/α-hetero) is 1. The van der Waals surface area contributed by atoms with Crippen molar-refractivity contribution in [1.82, 2.24) is 10.6 Å². The molecule has 0 saturated carbocycles. The number of benzene rings is 2. The van der Waals surface area contributed by atoms with E-state index >= 15 is 0 Å². The van der Waals surface area contributed by atoms with E-state index in [0.717, 1.165) is 39.0 Å². The smallest absolute Gasteiger partial charge is 0.251 e. The average Bonchev–Trinajstić information content (AvgIpc) is 2.86. The highest BCUT2D eigenvalue weighted by atomic mass is 16.5. The minimum Gasteiger partial charge on any atom is -0.391 e. The van der Waals surface area contributed by atoms with Crippen molar-refractivity contribution >= 4 is 11.7 Å². The van der Waals surface area contributed by atoms with Crippen molar-refractivity contribution in [3.8, 4) is 0 Å². The number of ether oxygens (including phenoxy) is 1. The zero-order valence-corrected chi connectivity index (χ0v) is 18.4. The van der Waals surface area contributed by atoms with Crippen LogP contribution < -0.4 is 10.6 Å². The van der Waals surface area contributed by atoms with Crippen LogP contribution in [0.15, 0.2) is 48.5 Å². The summed E-state index contributed by atoms with van der Waals surface area (Å²) in [5, 5.41) is 17.0. The van der Waals surface area contributed by atoms with Crippen molar-refractivity contribution in [3.63, 3.8) is 0 Å². The number of aliphatic hydroxyl groups is 1. The Bertz CT molecular complexity index is 922. The van der Waals surface area contributed by atoms with E-state index in [-0.39, 0.29) is 24.2 Å². The maximum atomic E-state index is 12.6. The third kappa shape index (κ3) is 5.82. The first-order chi connectivity index (χ1) is 15.6. The Labute approximate surface area is 189 Å². The van der Waals surface area contributed by atoms with E-state index in [2.05, 4.69) is 22.8 Å². The van der Waals surface area contributed by atoms with Gasteiger partial charge in [0.25, 0.3) is 5.91 Å². The van der Waals surface area contributed by atoms with E-state index in [1.165, 1.54) is 11.1 Å². The standard InChI is InChI=1S/C26H32N2O4/c29-24(9-10-25(30)23-15-21-3-1-2-4-22(21)17-27-23)19-5-7-20(8-6-19)26(31)28-16-18-11-13-32-14-12-18/h1-8,18,23,25,27,30H,9-17H2,(H,28,31)/t23-,25+/m0/s1. The molecule has 6 nitrogen and oxygen atoms in total. The Morgan fingerprint density at radius 3 is 2.47 bits per heavy atom. The number of aliphatic hydroxyl groups excluding tert-OH is 1. The first-order valence-electron chi connectivity index (χ1n) is 11.6. The van der Waals surface area contributed by atoms with Crippen LogP contribution in [0.1, 0.15) is 57.5 Å². The fraction of sp³-hybridized carbons (Fsp3) is 0.462. The number of fused-ring (bicyclic) bond motifs is 1. The number of nitrogens with one attached hydrogen (secondary N) is 2. The molecule has 0 bridgehead atoms. The van der Waals surface area contributed by atoms with Gasteiger partial charge in [-0.15, -0.1) is 0 Å². The summed E-state index contributed by atoms with van der Waals surface area (Å²) in [6.45, 7) is 2.91. The van der Waals surface area contributed by atoms with Crippen LogP contribution in [0, 0.1) is 5.92 Å². The molecule has 2 aliphatic heterocycles. The van der Waals surface area contributed by atoms with E-state index < -0.39 is 6.10 Å². The van der Waals surface area contributed by atoms with Gasteiger partial charge in [0.1, 0.15) is 0 Å². The van der Waals surface area contributed by atoms with E-state index in [0.29, 0.717) is 30.0 Å². The van der Waals surface area contributed by atoms with Gasteiger partial charge in [-0.1, -0.05) is 36.4 Å². The molecule has 0 radical (unpaired) electrons. The fourth-order valence-electron chi connectivity index (χ4n) is 4.47. The maximum Gasteiger partial charge on any atom is 0.251 e. The lowest BCUT2D eigenvalue weighted by molar-refractivity contribution is 0.0642. The summed E-state index contributed by atoms with van der Waals surface area (Å²) >= 11 is 0. The lowest BCUT2D eigenvalue weighted by atomic mass is 9.90. The first-order valence-corrected chi connectivity index (χ1v) is 11.6. The molecule has 1 saturated heterocycles. The number of carbonyl (C=O) groups excluding carboxylic acids is 2. The minimum atomic E-state index is -0.581. The van der Waals surface area contributed by atoms with Crippen LogP contribution in [0.3, 0.4) is 0 Å². The molecule has 2 aromatic carbocycles. The molecule has 0 unspecified atom stereocenters. The van der Waals surface area contributed by atoms with Crippen LogP contribution in [0.2, 0.25) is 0 Å². The van der Waals surface area contributed by atoms with Crippen molar-refractivity contribution in [2.24, 2.45) is 5.92 Å². The summed E-state index contributed by atoms with van der Waals surface area (Å²) < 4.78 is 5.35. The van der Waals surface area contributed by atoms with Gasteiger partial charge < -0.3 is 20.5 Å². The van der Waals surface area contributed by atoms with Gasteiger partial charge in [-0.05, 0) is 54.9 Å². The molecule has 0 aliphatic carbocycles. The largest absolute Gasteiger partial charge is 0.391 e. The molecule has 6 heteroatoms. The molecule has 2 aromatic rings. The molecule has 1 amide bonds. The zero-order valence-electron chi connectivity index (χ0n) is 18.4. The number of amides is 1. The normalized spacial score (nSPS) is 19.7. The van der Waals surface area contributed by atoms with Crippen LogP contribution in [0.25, 0.3) is 0 Å². The second kappa shape index (κ2) is 10.9. The van der Waals surface area contributed by atoms with E-state index in [9.17, 15) is 14.7 Å². The lowest BCUT2D eigenvalue weighted by Gasteiger charge is -2.29. The predicted molar refractivity (Wildman–Crippen MR) is 123 cm³/mol. The highest BCUT2D eigenvalue weighted by molar-refractivity contribution is 5.98. The summed E-state index contributed by atoms with van der Waals surface area (Å²) in [6, 6.07) is 15.0. The van der Waals surface area contributed by atoms with Crippen LogP contribution in [0.5, 0.6) is 0 Å². The molecule has 2 heterocycles. The SMILES string of the molecule is O=C(CC[C@@H](O)[C@@H]1Cc2ccccc2CN1)c1ccc(C(=O)NCC2CCOCC2)cc1. The average molecular weight is 437 g/mol. The van der Waals surface area contributed by atoms with Gasteiger partial charge in [0.05, 0.1) is 6.10 Å². The van der Waals surface area contributed by atoms with Gasteiger partial charge in [0.15, 0.2) is 5.78 Å². The van der Waals surface area contributed by atoms with Gasteiger partial charge in [0.2, 0.25) is 0 Å². The summed E-state index contributed by atoms with van der Waals surface area (Å²) in [4.78, 5) is 25.0. The van der Waals surface area contributed by atoms with Gasteiger partial charge in [-0.25, -0.2) is 0 Å². The molecule has 0 spiro atoms. The summed E-state index contributed by atoms with van der Waals surface area (Å²) in [5.41, 5.74) is 3.65. The van der Waals surface area contributed by atoms with Crippen molar-refractivity contribution in [2.75, 3.05) is 19.8 Å². The quantitative estimate of drug-likeness (QED) is 0.554. The van der Waals surface area contributed by atoms with Crippen molar-refractivity contribution in [3.05, 3.63) is 70.8 Å². The van der Waals surface area contributed by atoms with Gasteiger partial charge in [-0.2, -0.15) is 0 Å². The number of rotatable bonds is 8. The second-order valence-electron chi connectivity index (χ2n) is 8.83. The molecule has 170 valence electrons. The Kier molecular flexibility index (Phi) is 7.68. The monoisotopic (exact) mass is 436 g/mol. The molecule has 3 N–H and O–H groups in total. The molecular weight excluding hydrogens is 404 g/mol. The summed E-state index contributed by atoms with van der Waals surface area (Å²) in [7, 11) is 0. The molecule has 1 fully saturated rings. The Balaban J connectivity index is 1.23. The van der Waals surface area contributed by atoms with Crippen LogP contribution in [-0.4, -0.2) is 48.7 Å². The Morgan fingerprint density at radius 1 is 1.03 bits per heavy atom. The number of hydrogen-bond donors (Lipinski definition) is 3. The molecule has 2 aliphatic rings. The molecular formula is C26H32N2O4.